The van der Waals surface area contributed by atoms with E-state index in [-0.39, 0.29) is 0 Å². The Bertz CT molecular complexity index is 195. The van der Waals surface area contributed by atoms with Crippen LogP contribution in [-0.4, -0.2) is 4.83 Å². The first kappa shape index (κ1) is 12.3. The molecule has 0 spiro atoms. The van der Waals surface area contributed by atoms with Gasteiger partial charge >= 0.3 is 0 Å². The van der Waals surface area contributed by atoms with E-state index in [2.05, 4.69) is 49.4 Å². The van der Waals surface area contributed by atoms with Crippen LogP contribution >= 0.6 is 15.9 Å². The van der Waals surface area contributed by atoms with Gasteiger partial charge in [0.05, 0.1) is 0 Å². The molecule has 1 fully saturated rings. The molecule has 0 amide bonds. The van der Waals surface area contributed by atoms with E-state index < -0.39 is 0 Å². The van der Waals surface area contributed by atoms with Crippen LogP contribution < -0.4 is 0 Å². The van der Waals surface area contributed by atoms with E-state index in [9.17, 15) is 0 Å². The van der Waals surface area contributed by atoms with Crippen molar-refractivity contribution < 1.29 is 0 Å². The molecule has 0 aliphatic heterocycles. The van der Waals surface area contributed by atoms with E-state index in [0.29, 0.717) is 10.2 Å². The summed E-state index contributed by atoms with van der Waals surface area (Å²) < 4.78 is 0. The van der Waals surface area contributed by atoms with Gasteiger partial charge in [-0.25, -0.2) is 0 Å². The molecule has 0 aromatic rings. The largest absolute Gasteiger partial charge is 0.103 e. The van der Waals surface area contributed by atoms with Crippen LogP contribution in [0.5, 0.6) is 0 Å². The monoisotopic (exact) mass is 258 g/mol. The second-order valence-corrected chi connectivity index (χ2v) is 6.70. The molecule has 0 bridgehead atoms. The summed E-state index contributed by atoms with van der Waals surface area (Å²) in [6, 6.07) is 0. The second kappa shape index (κ2) is 4.83. The predicted octanol–water partition coefficient (Wildman–Crippen LogP) is 4.79. The summed E-state index contributed by atoms with van der Waals surface area (Å²) in [4.78, 5) is 0.709. The molecular weight excluding hydrogens is 236 g/mol. The molecule has 0 N–H and O–H groups in total. The zero-order chi connectivity index (χ0) is 10.8. The van der Waals surface area contributed by atoms with Crippen LogP contribution in [0.3, 0.4) is 0 Å². The molecule has 0 saturated heterocycles. The van der Waals surface area contributed by atoms with Crippen molar-refractivity contribution in [2.24, 2.45) is 17.3 Å². The van der Waals surface area contributed by atoms with Crippen molar-refractivity contribution in [1.29, 1.82) is 0 Å². The number of alkyl halides is 1. The Morgan fingerprint density at radius 2 is 2.07 bits per heavy atom. The van der Waals surface area contributed by atoms with Gasteiger partial charge < -0.3 is 0 Å². The fourth-order valence-corrected chi connectivity index (χ4v) is 4.33. The van der Waals surface area contributed by atoms with Gasteiger partial charge in [0.25, 0.3) is 0 Å². The highest BCUT2D eigenvalue weighted by atomic mass is 79.9. The summed E-state index contributed by atoms with van der Waals surface area (Å²) in [7, 11) is 0. The summed E-state index contributed by atoms with van der Waals surface area (Å²) in [5, 5.41) is 0. The lowest BCUT2D eigenvalue weighted by atomic mass is 9.67. The minimum Gasteiger partial charge on any atom is -0.103 e. The zero-order valence-corrected chi connectivity index (χ0v) is 11.3. The normalized spacial score (nSPS) is 34.1. The molecule has 1 saturated carbocycles. The molecule has 0 radical (unpaired) electrons. The van der Waals surface area contributed by atoms with Crippen LogP contribution in [0.15, 0.2) is 12.7 Å². The summed E-state index contributed by atoms with van der Waals surface area (Å²) in [5.74, 6) is 1.71. The van der Waals surface area contributed by atoms with Crippen molar-refractivity contribution in [3.63, 3.8) is 0 Å². The highest BCUT2D eigenvalue weighted by molar-refractivity contribution is 9.09. The highest BCUT2D eigenvalue weighted by Crippen LogP contribution is 2.45. The maximum absolute atomic E-state index is 3.87. The molecule has 0 nitrogen and oxygen atoms in total. The molecule has 0 aromatic heterocycles. The van der Waals surface area contributed by atoms with Gasteiger partial charge in [0.2, 0.25) is 0 Å². The molecule has 0 heterocycles. The van der Waals surface area contributed by atoms with Crippen LogP contribution in [-0.2, 0) is 0 Å². The minimum atomic E-state index is 0.413. The minimum absolute atomic E-state index is 0.413. The smallest absolute Gasteiger partial charge is 0.0181 e. The molecule has 1 heteroatoms. The lowest BCUT2D eigenvalue weighted by Gasteiger charge is -2.41. The maximum Gasteiger partial charge on any atom is 0.0181 e. The average molecular weight is 259 g/mol. The van der Waals surface area contributed by atoms with Crippen LogP contribution in [0.4, 0.5) is 0 Å². The van der Waals surface area contributed by atoms with Gasteiger partial charge in [-0.15, -0.1) is 6.58 Å². The summed E-state index contributed by atoms with van der Waals surface area (Å²) in [6.45, 7) is 11.0. The molecule has 1 rings (SSSR count). The van der Waals surface area contributed by atoms with Crippen molar-refractivity contribution in [3.8, 4) is 0 Å². The lowest BCUT2D eigenvalue weighted by molar-refractivity contribution is 0.150. The third-order valence-corrected chi connectivity index (χ3v) is 4.72. The molecule has 14 heavy (non-hydrogen) atoms. The van der Waals surface area contributed by atoms with Crippen LogP contribution in [0.2, 0.25) is 0 Å². The van der Waals surface area contributed by atoms with Gasteiger partial charge in [-0.3, -0.25) is 0 Å². The van der Waals surface area contributed by atoms with Crippen LogP contribution in [0, 0.1) is 17.3 Å². The van der Waals surface area contributed by atoms with Gasteiger partial charge in [0.15, 0.2) is 0 Å². The summed E-state index contributed by atoms with van der Waals surface area (Å²) >= 11 is 3.87. The maximum atomic E-state index is 3.87. The second-order valence-electron chi connectivity index (χ2n) is 5.52. The first-order chi connectivity index (χ1) is 6.47. The van der Waals surface area contributed by atoms with Gasteiger partial charge in [-0.1, -0.05) is 49.2 Å². The Kier molecular flexibility index (Phi) is 4.24. The topological polar surface area (TPSA) is 0 Å². The van der Waals surface area contributed by atoms with Crippen molar-refractivity contribution in [2.75, 3.05) is 0 Å². The number of hydrogen-bond donors (Lipinski definition) is 0. The van der Waals surface area contributed by atoms with Crippen molar-refractivity contribution in [3.05, 3.63) is 12.7 Å². The Balaban J connectivity index is 2.62. The first-order valence-electron chi connectivity index (χ1n) is 5.72. The van der Waals surface area contributed by atoms with E-state index in [4.69, 9.17) is 0 Å². The molecule has 1 aliphatic carbocycles. The Labute approximate surface area is 97.3 Å². The average Bonchev–Trinajstić information content (AvgIpc) is 2.02. The third-order valence-electron chi connectivity index (χ3n) is 3.71. The van der Waals surface area contributed by atoms with Crippen LogP contribution in [0.25, 0.3) is 0 Å². The van der Waals surface area contributed by atoms with E-state index in [0.717, 1.165) is 18.3 Å². The summed E-state index contributed by atoms with van der Waals surface area (Å²) in [6.07, 6.45) is 7.31. The Hall–Kier alpha value is 0.220. The predicted molar refractivity (Wildman–Crippen MR) is 67.8 cm³/mol. The van der Waals surface area contributed by atoms with Gasteiger partial charge in [0, 0.05) is 4.83 Å². The van der Waals surface area contributed by atoms with Crippen molar-refractivity contribution in [2.45, 2.75) is 51.3 Å². The van der Waals surface area contributed by atoms with Gasteiger partial charge in [-0.2, -0.15) is 0 Å². The third kappa shape index (κ3) is 2.85. The Morgan fingerprint density at radius 3 is 2.57 bits per heavy atom. The van der Waals surface area contributed by atoms with Crippen molar-refractivity contribution >= 4 is 15.9 Å². The van der Waals surface area contributed by atoms with E-state index in [1.807, 2.05) is 0 Å². The number of allylic oxidation sites excluding steroid dienone is 1. The van der Waals surface area contributed by atoms with E-state index in [1.165, 1.54) is 19.3 Å². The number of hydrogen-bond acceptors (Lipinski definition) is 0. The highest BCUT2D eigenvalue weighted by Gasteiger charge is 2.36. The van der Waals surface area contributed by atoms with Crippen molar-refractivity contribution in [1.82, 2.24) is 0 Å². The van der Waals surface area contributed by atoms with E-state index in [1.54, 1.807) is 0 Å². The SMILES string of the molecule is C=CCC(C)(C)C1CCC(C)CC1Br. The fourth-order valence-electron chi connectivity index (χ4n) is 2.72. The molecule has 3 atom stereocenters. The lowest BCUT2D eigenvalue weighted by Crippen LogP contribution is -2.35. The van der Waals surface area contributed by atoms with Gasteiger partial charge in [0.1, 0.15) is 0 Å². The molecule has 0 aromatic carbocycles. The number of rotatable bonds is 3. The van der Waals surface area contributed by atoms with Gasteiger partial charge in [-0.05, 0) is 36.5 Å². The number of halogens is 1. The Morgan fingerprint density at radius 1 is 1.43 bits per heavy atom. The standard InChI is InChI=1S/C13H23Br/c1-5-8-13(3,4)11-7-6-10(2)9-12(11)14/h5,10-12H,1,6-9H2,2-4H3. The quantitative estimate of drug-likeness (QED) is 0.505. The fraction of sp³-hybridized carbons (Fsp3) is 0.846. The molecule has 82 valence electrons. The first-order valence-corrected chi connectivity index (χ1v) is 6.64. The molecule has 1 aliphatic rings. The van der Waals surface area contributed by atoms with Crippen LogP contribution in [0.1, 0.15) is 46.5 Å². The van der Waals surface area contributed by atoms with E-state index >= 15 is 0 Å². The summed E-state index contributed by atoms with van der Waals surface area (Å²) in [5.41, 5.74) is 0.413. The molecule has 3 unspecified atom stereocenters. The molecular formula is C13H23Br. The zero-order valence-electron chi connectivity index (χ0n) is 9.72.